The Kier molecular flexibility index (Phi) is 6.96. The predicted molar refractivity (Wildman–Crippen MR) is 139 cm³/mol. The summed E-state index contributed by atoms with van der Waals surface area (Å²) in [5.74, 6) is -0.0119. The molecule has 1 saturated heterocycles. The van der Waals surface area contributed by atoms with Crippen molar-refractivity contribution in [3.8, 4) is 0 Å². The van der Waals surface area contributed by atoms with Crippen LogP contribution in [0.5, 0.6) is 0 Å². The fraction of sp³-hybridized carbons (Fsp3) is 0.280. The Labute approximate surface area is 198 Å². The number of carbonyl (C=O) groups is 1. The van der Waals surface area contributed by atoms with Crippen LogP contribution in [0.15, 0.2) is 81.0 Å². The number of aliphatic imine (C=N–C) groups is 1. The topological polar surface area (TPSA) is 39.2 Å². The van der Waals surface area contributed by atoms with Gasteiger partial charge < -0.3 is 9.80 Å². The molecule has 2 aromatic carbocycles. The number of amides is 1. The average Bonchev–Trinajstić information content (AvgIpc) is 3.33. The van der Waals surface area contributed by atoms with Gasteiger partial charge in [-0.3, -0.25) is 9.69 Å². The van der Waals surface area contributed by atoms with E-state index in [-0.39, 0.29) is 5.91 Å². The minimum atomic E-state index is -0.0119. The second-order valence-corrected chi connectivity index (χ2v) is 9.35. The highest BCUT2D eigenvalue weighted by Crippen LogP contribution is 2.50. The third kappa shape index (κ3) is 4.19. The molecule has 0 bridgehead atoms. The first-order valence-corrected chi connectivity index (χ1v) is 12.6. The molecule has 0 spiro atoms. The van der Waals surface area contributed by atoms with E-state index in [1.54, 1.807) is 22.7 Å². The van der Waals surface area contributed by atoms with Gasteiger partial charge in [-0.25, -0.2) is 4.99 Å². The lowest BCUT2D eigenvalue weighted by Gasteiger charge is -2.20. The van der Waals surface area contributed by atoms with Gasteiger partial charge in [-0.2, -0.15) is 0 Å². The number of rotatable bonds is 7. The smallest absolute Gasteiger partial charge is 0.269 e. The molecule has 2 aliphatic rings. The number of hydrogen-bond acceptors (Lipinski definition) is 6. The first-order valence-electron chi connectivity index (χ1n) is 10.9. The summed E-state index contributed by atoms with van der Waals surface area (Å²) in [6, 6.07) is 16.5. The summed E-state index contributed by atoms with van der Waals surface area (Å²) in [6.45, 7) is 13.4. The average molecular weight is 465 g/mol. The fourth-order valence-corrected chi connectivity index (χ4v) is 6.26. The van der Waals surface area contributed by atoms with E-state index in [0.29, 0.717) is 11.7 Å². The van der Waals surface area contributed by atoms with E-state index in [1.165, 1.54) is 22.3 Å². The van der Waals surface area contributed by atoms with Gasteiger partial charge in [0.15, 0.2) is 5.17 Å². The van der Waals surface area contributed by atoms with Gasteiger partial charge in [0.1, 0.15) is 9.93 Å². The summed E-state index contributed by atoms with van der Waals surface area (Å²) in [6.07, 6.45) is 1.75. The Morgan fingerprint density at radius 1 is 1.00 bits per heavy atom. The Bertz CT molecular complexity index is 1070. The van der Waals surface area contributed by atoms with E-state index in [1.807, 2.05) is 24.3 Å². The van der Waals surface area contributed by atoms with Crippen LogP contribution in [0.25, 0.3) is 0 Å². The van der Waals surface area contributed by atoms with Crippen LogP contribution >= 0.6 is 23.5 Å². The van der Waals surface area contributed by atoms with Crippen molar-refractivity contribution in [3.63, 3.8) is 0 Å². The molecular weight excluding hydrogens is 436 g/mol. The summed E-state index contributed by atoms with van der Waals surface area (Å²) in [5, 5.41) is 1.68. The lowest BCUT2D eigenvalue weighted by molar-refractivity contribution is -0.121. The second-order valence-electron chi connectivity index (χ2n) is 7.34. The monoisotopic (exact) mass is 464 g/mol. The van der Waals surface area contributed by atoms with Crippen molar-refractivity contribution >= 4 is 51.7 Å². The van der Waals surface area contributed by atoms with Gasteiger partial charge in [-0.15, -0.1) is 6.58 Å². The molecule has 0 atom stereocenters. The number of anilines is 2. The van der Waals surface area contributed by atoms with Crippen LogP contribution in [0.2, 0.25) is 0 Å². The fourth-order valence-electron chi connectivity index (χ4n) is 3.86. The highest BCUT2D eigenvalue weighted by atomic mass is 32.2. The molecule has 0 aliphatic carbocycles. The van der Waals surface area contributed by atoms with Crippen LogP contribution in [-0.4, -0.2) is 42.2 Å². The molecule has 4 rings (SSSR count). The highest BCUT2D eigenvalue weighted by Gasteiger charge is 2.39. The van der Waals surface area contributed by atoms with Crippen LogP contribution in [0.4, 0.5) is 17.1 Å². The second kappa shape index (κ2) is 9.88. The van der Waals surface area contributed by atoms with E-state index in [9.17, 15) is 4.79 Å². The third-order valence-corrected chi connectivity index (χ3v) is 7.88. The van der Waals surface area contributed by atoms with Gasteiger partial charge in [0.2, 0.25) is 0 Å². The van der Waals surface area contributed by atoms with Crippen LogP contribution in [0.1, 0.15) is 20.8 Å². The summed E-state index contributed by atoms with van der Waals surface area (Å²) >= 11 is 3.11. The number of hydrogen-bond donors (Lipinski definition) is 0. The summed E-state index contributed by atoms with van der Waals surface area (Å²) in [4.78, 5) is 26.4. The molecule has 0 radical (unpaired) electrons. The Morgan fingerprint density at radius 2 is 1.72 bits per heavy atom. The van der Waals surface area contributed by atoms with Crippen LogP contribution in [-0.2, 0) is 4.79 Å². The normalized spacial score (nSPS) is 19.1. The maximum Gasteiger partial charge on any atom is 0.269 e. The molecule has 32 heavy (non-hydrogen) atoms. The molecule has 0 aromatic heterocycles. The number of fused-ring (bicyclic) bond motifs is 1. The maximum atomic E-state index is 13.4. The minimum Gasteiger partial charge on any atom is -0.372 e. The molecule has 166 valence electrons. The zero-order chi connectivity index (χ0) is 22.7. The van der Waals surface area contributed by atoms with Crippen molar-refractivity contribution in [1.82, 2.24) is 4.90 Å². The van der Waals surface area contributed by atoms with Gasteiger partial charge in [-0.05, 0) is 68.9 Å². The van der Waals surface area contributed by atoms with Crippen LogP contribution < -0.4 is 9.80 Å². The van der Waals surface area contributed by atoms with Gasteiger partial charge in [0.05, 0.1) is 11.4 Å². The Morgan fingerprint density at radius 3 is 2.38 bits per heavy atom. The van der Waals surface area contributed by atoms with Crippen molar-refractivity contribution < 1.29 is 4.79 Å². The highest BCUT2D eigenvalue weighted by molar-refractivity contribution is 8.19. The van der Waals surface area contributed by atoms with Gasteiger partial charge in [-0.1, -0.05) is 30.0 Å². The molecule has 0 unspecified atom stereocenters. The number of carbonyl (C=O) groups excluding carboxylic acids is 1. The lowest BCUT2D eigenvalue weighted by atomic mass is 10.2. The number of thioether (sulfide) groups is 2. The number of benzene rings is 2. The van der Waals surface area contributed by atoms with E-state index in [4.69, 9.17) is 4.99 Å². The maximum absolute atomic E-state index is 13.4. The third-order valence-electron chi connectivity index (χ3n) is 5.50. The minimum absolute atomic E-state index is 0.0119. The van der Waals surface area contributed by atoms with Crippen molar-refractivity contribution in [2.24, 2.45) is 4.99 Å². The summed E-state index contributed by atoms with van der Waals surface area (Å²) in [7, 11) is 0. The molecule has 2 aromatic rings. The molecule has 0 saturated carbocycles. The number of amidine groups is 1. The molecule has 7 heteroatoms. The molecule has 1 fully saturated rings. The SMILES string of the molecule is C=CCN1C(=O)/C(=C2/Sc3ccccc3N2CC)SC1=Nc1ccc(N(CC)CC)cc1. The van der Waals surface area contributed by atoms with Gasteiger partial charge in [0.25, 0.3) is 5.91 Å². The van der Waals surface area contributed by atoms with Gasteiger partial charge >= 0.3 is 0 Å². The zero-order valence-electron chi connectivity index (χ0n) is 18.7. The first-order chi connectivity index (χ1) is 15.6. The lowest BCUT2D eigenvalue weighted by Crippen LogP contribution is -2.30. The summed E-state index contributed by atoms with van der Waals surface area (Å²) < 4.78 is 0. The largest absolute Gasteiger partial charge is 0.372 e. The summed E-state index contributed by atoms with van der Waals surface area (Å²) in [5.41, 5.74) is 3.17. The zero-order valence-corrected chi connectivity index (χ0v) is 20.4. The van der Waals surface area contributed by atoms with Crippen molar-refractivity contribution in [3.05, 3.63) is 71.1 Å². The quantitative estimate of drug-likeness (QED) is 0.367. The molecule has 2 aliphatic heterocycles. The van der Waals surface area contributed by atoms with Crippen molar-refractivity contribution in [2.45, 2.75) is 25.7 Å². The van der Waals surface area contributed by atoms with E-state index in [0.717, 1.165) is 40.9 Å². The number of para-hydroxylation sites is 1. The predicted octanol–water partition coefficient (Wildman–Crippen LogP) is 6.08. The first kappa shape index (κ1) is 22.6. The molecule has 0 N–H and O–H groups in total. The Hall–Kier alpha value is -2.64. The van der Waals surface area contributed by atoms with E-state index >= 15 is 0 Å². The number of nitrogens with zero attached hydrogens (tertiary/aromatic N) is 4. The van der Waals surface area contributed by atoms with Crippen LogP contribution in [0, 0.1) is 0 Å². The van der Waals surface area contributed by atoms with Crippen LogP contribution in [0.3, 0.4) is 0 Å². The van der Waals surface area contributed by atoms with Gasteiger partial charge in [0, 0.05) is 36.8 Å². The molecule has 2 heterocycles. The van der Waals surface area contributed by atoms with E-state index < -0.39 is 0 Å². The molecular formula is C25H28N4OS2. The molecule has 5 nitrogen and oxygen atoms in total. The Balaban J connectivity index is 1.68. The van der Waals surface area contributed by atoms with E-state index in [2.05, 4.69) is 61.4 Å². The molecule has 1 amide bonds. The standard InChI is InChI=1S/C25H28N4OS2/c1-5-17-29-23(30)22(24-28(8-4)20-11-9-10-12-21(20)31-24)32-25(29)26-18-13-15-19(16-14-18)27(6-2)7-3/h5,9-16H,1,6-8,17H2,2-4H3/b24-22-,26-25?. The van der Waals surface area contributed by atoms with Crippen molar-refractivity contribution in [1.29, 1.82) is 0 Å². The van der Waals surface area contributed by atoms with Crippen molar-refractivity contribution in [2.75, 3.05) is 36.0 Å².